The van der Waals surface area contributed by atoms with Gasteiger partial charge in [-0.3, -0.25) is 4.79 Å². The van der Waals surface area contributed by atoms with E-state index in [0.29, 0.717) is 6.42 Å². The fraction of sp³-hybridized carbons (Fsp3) is 0.562. The molecule has 0 saturated carbocycles. The maximum Gasteiger partial charge on any atom is 0.162 e. The molecule has 100 valence electrons. The molecule has 0 atom stereocenters. The summed E-state index contributed by atoms with van der Waals surface area (Å²) in [4.78, 5) is 14.1. The van der Waals surface area contributed by atoms with Gasteiger partial charge in [0, 0.05) is 12.0 Å². The van der Waals surface area contributed by atoms with E-state index in [0.717, 1.165) is 24.9 Å². The fourth-order valence-electron chi connectivity index (χ4n) is 1.95. The number of benzene rings is 1. The van der Waals surface area contributed by atoms with Crippen molar-refractivity contribution in [2.75, 3.05) is 20.6 Å². The molecule has 2 nitrogen and oxygen atoms in total. The van der Waals surface area contributed by atoms with E-state index >= 15 is 0 Å². The zero-order chi connectivity index (χ0) is 13.4. The van der Waals surface area contributed by atoms with Crippen LogP contribution in [0, 0.1) is 6.92 Å². The van der Waals surface area contributed by atoms with Crippen LogP contribution in [0.15, 0.2) is 24.3 Å². The topological polar surface area (TPSA) is 20.3 Å². The average Bonchev–Trinajstić information content (AvgIpc) is 2.34. The third-order valence-electron chi connectivity index (χ3n) is 3.13. The quantitative estimate of drug-likeness (QED) is 0.516. The summed E-state index contributed by atoms with van der Waals surface area (Å²) in [6, 6.07) is 7.88. The van der Waals surface area contributed by atoms with Crippen molar-refractivity contribution < 1.29 is 4.79 Å². The van der Waals surface area contributed by atoms with Gasteiger partial charge in [0.2, 0.25) is 0 Å². The van der Waals surface area contributed by atoms with Crippen LogP contribution < -0.4 is 0 Å². The highest BCUT2D eigenvalue weighted by Gasteiger charge is 2.04. The van der Waals surface area contributed by atoms with E-state index in [1.807, 2.05) is 31.2 Å². The number of hydrogen-bond acceptors (Lipinski definition) is 2. The minimum absolute atomic E-state index is 0.280. The number of ketones is 1. The highest BCUT2D eigenvalue weighted by molar-refractivity contribution is 5.96. The van der Waals surface area contributed by atoms with Crippen LogP contribution in [0.4, 0.5) is 0 Å². The molecule has 0 heterocycles. The summed E-state index contributed by atoms with van der Waals surface area (Å²) < 4.78 is 0. The minimum Gasteiger partial charge on any atom is -0.309 e. The van der Waals surface area contributed by atoms with E-state index in [9.17, 15) is 4.79 Å². The van der Waals surface area contributed by atoms with Crippen LogP contribution in [0.1, 0.15) is 48.0 Å². The SMILES string of the molecule is Cc1ccc(C(=O)CCCCCCN(C)C)cc1. The van der Waals surface area contributed by atoms with Gasteiger partial charge in [0.05, 0.1) is 0 Å². The molecule has 0 aliphatic rings. The largest absolute Gasteiger partial charge is 0.309 e. The van der Waals surface area contributed by atoms with Gasteiger partial charge in [0.15, 0.2) is 5.78 Å². The number of carbonyl (C=O) groups excluding carboxylic acids is 1. The summed E-state index contributed by atoms with van der Waals surface area (Å²) in [5.41, 5.74) is 2.06. The predicted molar refractivity (Wildman–Crippen MR) is 77.1 cm³/mol. The van der Waals surface area contributed by atoms with Crippen molar-refractivity contribution in [3.63, 3.8) is 0 Å². The molecule has 0 N–H and O–H groups in total. The molecule has 0 saturated heterocycles. The van der Waals surface area contributed by atoms with Crippen molar-refractivity contribution in [1.29, 1.82) is 0 Å². The smallest absolute Gasteiger partial charge is 0.162 e. The molecule has 0 radical (unpaired) electrons. The lowest BCUT2D eigenvalue weighted by molar-refractivity contribution is 0.0979. The van der Waals surface area contributed by atoms with Crippen molar-refractivity contribution >= 4 is 5.78 Å². The van der Waals surface area contributed by atoms with E-state index in [1.165, 1.54) is 18.4 Å². The van der Waals surface area contributed by atoms with E-state index in [1.54, 1.807) is 0 Å². The molecule has 0 spiro atoms. The first-order valence-electron chi connectivity index (χ1n) is 6.84. The van der Waals surface area contributed by atoms with Crippen LogP contribution in [0.3, 0.4) is 0 Å². The lowest BCUT2D eigenvalue weighted by atomic mass is 10.0. The lowest BCUT2D eigenvalue weighted by Gasteiger charge is -2.08. The molecule has 0 aromatic heterocycles. The van der Waals surface area contributed by atoms with Crippen molar-refractivity contribution in [2.24, 2.45) is 0 Å². The standard InChI is InChI=1S/C16H25NO/c1-14-9-11-15(12-10-14)16(18)8-6-4-5-7-13-17(2)3/h9-12H,4-8,13H2,1-3H3. The normalized spacial score (nSPS) is 10.9. The number of hydrogen-bond donors (Lipinski definition) is 0. The molecular weight excluding hydrogens is 222 g/mol. The molecule has 0 aliphatic carbocycles. The van der Waals surface area contributed by atoms with Crippen LogP contribution in [0.2, 0.25) is 0 Å². The third-order valence-corrected chi connectivity index (χ3v) is 3.13. The summed E-state index contributed by atoms with van der Waals surface area (Å²) in [6.07, 6.45) is 5.31. The monoisotopic (exact) mass is 247 g/mol. The first-order valence-corrected chi connectivity index (χ1v) is 6.84. The average molecular weight is 247 g/mol. The number of unbranched alkanes of at least 4 members (excludes halogenated alkanes) is 3. The molecule has 1 aromatic carbocycles. The van der Waals surface area contributed by atoms with E-state index in [4.69, 9.17) is 0 Å². The second kappa shape index (κ2) is 8.04. The van der Waals surface area contributed by atoms with Crippen LogP contribution in [-0.2, 0) is 0 Å². The maximum atomic E-state index is 11.9. The second-order valence-corrected chi connectivity index (χ2v) is 5.26. The molecule has 1 aromatic rings. The van der Waals surface area contributed by atoms with Crippen molar-refractivity contribution in [3.8, 4) is 0 Å². The van der Waals surface area contributed by atoms with E-state index in [2.05, 4.69) is 19.0 Å². The van der Waals surface area contributed by atoms with Gasteiger partial charge in [-0.2, -0.15) is 0 Å². The predicted octanol–water partition coefficient (Wildman–Crippen LogP) is 3.69. The Bertz CT molecular complexity index is 354. The summed E-state index contributed by atoms with van der Waals surface area (Å²) in [5.74, 6) is 0.280. The third kappa shape index (κ3) is 5.97. The van der Waals surface area contributed by atoms with Crippen molar-refractivity contribution in [3.05, 3.63) is 35.4 Å². The van der Waals surface area contributed by atoms with Crippen LogP contribution >= 0.6 is 0 Å². The van der Waals surface area contributed by atoms with Gasteiger partial charge in [-0.1, -0.05) is 42.7 Å². The second-order valence-electron chi connectivity index (χ2n) is 5.26. The Kier molecular flexibility index (Phi) is 6.66. The minimum atomic E-state index is 0.280. The Morgan fingerprint density at radius 1 is 1.00 bits per heavy atom. The zero-order valence-corrected chi connectivity index (χ0v) is 11.9. The van der Waals surface area contributed by atoms with E-state index in [-0.39, 0.29) is 5.78 Å². The van der Waals surface area contributed by atoms with Gasteiger partial charge >= 0.3 is 0 Å². The number of carbonyl (C=O) groups is 1. The Labute approximate surface area is 111 Å². The fourth-order valence-corrected chi connectivity index (χ4v) is 1.95. The molecule has 2 heteroatoms. The van der Waals surface area contributed by atoms with Crippen molar-refractivity contribution in [1.82, 2.24) is 4.90 Å². The summed E-state index contributed by atoms with van der Waals surface area (Å²) >= 11 is 0. The zero-order valence-electron chi connectivity index (χ0n) is 11.9. The van der Waals surface area contributed by atoms with Gasteiger partial charge in [-0.15, -0.1) is 0 Å². The number of Topliss-reactive ketones (excluding diaryl/α,β-unsaturated/α-hetero) is 1. The Morgan fingerprint density at radius 3 is 2.22 bits per heavy atom. The number of nitrogens with zero attached hydrogens (tertiary/aromatic N) is 1. The highest BCUT2D eigenvalue weighted by atomic mass is 16.1. The summed E-state index contributed by atoms with van der Waals surface area (Å²) in [5, 5.41) is 0. The van der Waals surface area contributed by atoms with Crippen LogP contribution in [0.5, 0.6) is 0 Å². The highest BCUT2D eigenvalue weighted by Crippen LogP contribution is 2.10. The van der Waals surface area contributed by atoms with Gasteiger partial charge < -0.3 is 4.90 Å². The Morgan fingerprint density at radius 2 is 1.61 bits per heavy atom. The first-order chi connectivity index (χ1) is 8.59. The number of rotatable bonds is 8. The molecule has 0 unspecified atom stereocenters. The van der Waals surface area contributed by atoms with Crippen molar-refractivity contribution in [2.45, 2.75) is 39.0 Å². The maximum absolute atomic E-state index is 11.9. The molecule has 18 heavy (non-hydrogen) atoms. The summed E-state index contributed by atoms with van der Waals surface area (Å²) in [7, 11) is 4.20. The summed E-state index contributed by atoms with van der Waals surface area (Å²) in [6.45, 7) is 3.19. The van der Waals surface area contributed by atoms with Gasteiger partial charge in [-0.05, 0) is 40.4 Å². The molecule has 0 fully saturated rings. The Hall–Kier alpha value is -1.15. The first kappa shape index (κ1) is 14.9. The molecule has 0 amide bonds. The van der Waals surface area contributed by atoms with E-state index < -0.39 is 0 Å². The lowest BCUT2D eigenvalue weighted by Crippen LogP contribution is -2.12. The van der Waals surface area contributed by atoms with Crippen LogP contribution in [-0.4, -0.2) is 31.3 Å². The molecular formula is C16H25NO. The van der Waals surface area contributed by atoms with Gasteiger partial charge in [0.25, 0.3) is 0 Å². The Balaban J connectivity index is 2.16. The van der Waals surface area contributed by atoms with Gasteiger partial charge in [-0.25, -0.2) is 0 Å². The molecule has 0 bridgehead atoms. The molecule has 0 aliphatic heterocycles. The molecule has 1 rings (SSSR count). The van der Waals surface area contributed by atoms with Gasteiger partial charge in [0.1, 0.15) is 0 Å². The number of aryl methyl sites for hydroxylation is 1. The van der Waals surface area contributed by atoms with Crippen LogP contribution in [0.25, 0.3) is 0 Å².